The van der Waals surface area contributed by atoms with Crippen LogP contribution in [0.1, 0.15) is 82.5 Å². The molecular weight excluding hydrogens is 222 g/mol. The normalized spacial score (nSPS) is 25.1. The zero-order valence-electron chi connectivity index (χ0n) is 12.2. The number of nitrogens with two attached hydrogens (primary N) is 1. The molecule has 18 heavy (non-hydrogen) atoms. The van der Waals surface area contributed by atoms with Gasteiger partial charge in [0.1, 0.15) is 0 Å². The van der Waals surface area contributed by atoms with E-state index >= 15 is 0 Å². The third-order valence-electron chi connectivity index (χ3n) is 4.10. The Kier molecular flexibility index (Phi) is 4.10. The monoisotopic (exact) mass is 249 g/mol. The molecule has 2 rings (SSSR count). The molecule has 0 aliphatic heterocycles. The minimum atomic E-state index is 0.413. The molecule has 1 aromatic rings. The fourth-order valence-electron chi connectivity index (χ4n) is 2.84. The minimum absolute atomic E-state index is 0.413. The van der Waals surface area contributed by atoms with Crippen LogP contribution in [0.2, 0.25) is 0 Å². The highest BCUT2D eigenvalue weighted by Gasteiger charge is 2.26. The number of aromatic nitrogens is 2. The van der Waals surface area contributed by atoms with Gasteiger partial charge in [-0.3, -0.25) is 4.68 Å². The third-order valence-corrected chi connectivity index (χ3v) is 4.10. The maximum absolute atomic E-state index is 6.00. The highest BCUT2D eigenvalue weighted by molar-refractivity contribution is 5.25. The molecule has 1 fully saturated rings. The first kappa shape index (κ1) is 13.6. The van der Waals surface area contributed by atoms with E-state index < -0.39 is 0 Å². The van der Waals surface area contributed by atoms with Gasteiger partial charge in [0.25, 0.3) is 0 Å². The van der Waals surface area contributed by atoms with Crippen LogP contribution in [0.5, 0.6) is 0 Å². The lowest BCUT2D eigenvalue weighted by Gasteiger charge is -2.26. The average Bonchev–Trinajstić information content (AvgIpc) is 2.75. The Bertz CT molecular complexity index is 384. The van der Waals surface area contributed by atoms with Crippen molar-refractivity contribution < 1.29 is 0 Å². The second-order valence-corrected chi connectivity index (χ2v) is 6.31. The molecule has 3 nitrogen and oxygen atoms in total. The van der Waals surface area contributed by atoms with E-state index in [1.807, 2.05) is 0 Å². The van der Waals surface area contributed by atoms with Crippen LogP contribution in [0, 0.1) is 0 Å². The van der Waals surface area contributed by atoms with E-state index in [0.29, 0.717) is 23.9 Å². The Morgan fingerprint density at radius 2 is 1.78 bits per heavy atom. The SMILES string of the molecule is CC(C)c1cn(C(C)C)nc1C1CCC(N)CC1. The summed E-state index contributed by atoms with van der Waals surface area (Å²) in [6.45, 7) is 8.91. The molecule has 102 valence electrons. The number of hydrogen-bond acceptors (Lipinski definition) is 2. The molecule has 3 heteroatoms. The van der Waals surface area contributed by atoms with Crippen molar-refractivity contribution in [1.29, 1.82) is 0 Å². The average molecular weight is 249 g/mol. The number of rotatable bonds is 3. The molecule has 0 bridgehead atoms. The first-order chi connectivity index (χ1) is 8.49. The summed E-state index contributed by atoms with van der Waals surface area (Å²) in [5.41, 5.74) is 8.77. The van der Waals surface area contributed by atoms with Crippen LogP contribution in [0.15, 0.2) is 6.20 Å². The summed E-state index contributed by atoms with van der Waals surface area (Å²) in [6, 6.07) is 0.859. The Hall–Kier alpha value is -0.830. The highest BCUT2D eigenvalue weighted by Crippen LogP contribution is 2.35. The van der Waals surface area contributed by atoms with Crippen LogP contribution in [0.3, 0.4) is 0 Å². The largest absolute Gasteiger partial charge is 0.328 e. The van der Waals surface area contributed by atoms with Crippen molar-refractivity contribution >= 4 is 0 Å². The lowest BCUT2D eigenvalue weighted by atomic mass is 9.82. The summed E-state index contributed by atoms with van der Waals surface area (Å²) in [4.78, 5) is 0. The van der Waals surface area contributed by atoms with Gasteiger partial charge in [0, 0.05) is 24.2 Å². The molecule has 0 unspecified atom stereocenters. The van der Waals surface area contributed by atoms with Gasteiger partial charge in [-0.2, -0.15) is 5.10 Å². The zero-order chi connectivity index (χ0) is 13.3. The van der Waals surface area contributed by atoms with Gasteiger partial charge in [-0.1, -0.05) is 13.8 Å². The van der Waals surface area contributed by atoms with Crippen LogP contribution in [-0.2, 0) is 0 Å². The van der Waals surface area contributed by atoms with E-state index in [1.165, 1.54) is 24.1 Å². The second kappa shape index (κ2) is 5.43. The van der Waals surface area contributed by atoms with Gasteiger partial charge in [0.15, 0.2) is 0 Å². The number of hydrogen-bond donors (Lipinski definition) is 1. The molecule has 0 saturated heterocycles. The van der Waals surface area contributed by atoms with Gasteiger partial charge in [0.2, 0.25) is 0 Å². The summed E-state index contributed by atoms with van der Waals surface area (Å²) >= 11 is 0. The maximum Gasteiger partial charge on any atom is 0.0690 e. The molecule has 1 aromatic heterocycles. The predicted octanol–water partition coefficient (Wildman–Crippen LogP) is 3.57. The van der Waals surface area contributed by atoms with E-state index in [4.69, 9.17) is 10.8 Å². The topological polar surface area (TPSA) is 43.8 Å². The lowest BCUT2D eigenvalue weighted by molar-refractivity contribution is 0.384. The summed E-state index contributed by atoms with van der Waals surface area (Å²) < 4.78 is 2.12. The first-order valence-corrected chi connectivity index (χ1v) is 7.33. The van der Waals surface area contributed by atoms with E-state index in [9.17, 15) is 0 Å². The van der Waals surface area contributed by atoms with E-state index in [1.54, 1.807) is 0 Å². The maximum atomic E-state index is 6.00. The Morgan fingerprint density at radius 3 is 2.28 bits per heavy atom. The molecule has 0 spiro atoms. The number of nitrogens with zero attached hydrogens (tertiary/aromatic N) is 2. The quantitative estimate of drug-likeness (QED) is 0.890. The molecule has 1 aliphatic rings. The van der Waals surface area contributed by atoms with E-state index in [2.05, 4.69) is 38.6 Å². The van der Waals surface area contributed by atoms with Crippen LogP contribution >= 0.6 is 0 Å². The minimum Gasteiger partial charge on any atom is -0.328 e. The molecule has 0 radical (unpaired) electrons. The van der Waals surface area contributed by atoms with E-state index in [-0.39, 0.29) is 0 Å². The van der Waals surface area contributed by atoms with Gasteiger partial charge < -0.3 is 5.73 Å². The molecule has 0 atom stereocenters. The van der Waals surface area contributed by atoms with Crippen molar-refractivity contribution in [3.63, 3.8) is 0 Å². The zero-order valence-corrected chi connectivity index (χ0v) is 12.2. The van der Waals surface area contributed by atoms with Gasteiger partial charge in [-0.15, -0.1) is 0 Å². The molecule has 2 N–H and O–H groups in total. The van der Waals surface area contributed by atoms with E-state index in [0.717, 1.165) is 12.8 Å². The Morgan fingerprint density at radius 1 is 1.17 bits per heavy atom. The second-order valence-electron chi connectivity index (χ2n) is 6.31. The van der Waals surface area contributed by atoms with Crippen molar-refractivity contribution in [2.45, 2.75) is 77.3 Å². The molecule has 1 aliphatic carbocycles. The summed E-state index contributed by atoms with van der Waals surface area (Å²) in [6.07, 6.45) is 6.96. The lowest BCUT2D eigenvalue weighted by Crippen LogP contribution is -2.26. The predicted molar refractivity (Wildman–Crippen MR) is 75.9 cm³/mol. The van der Waals surface area contributed by atoms with Crippen molar-refractivity contribution in [3.05, 3.63) is 17.5 Å². The van der Waals surface area contributed by atoms with Crippen molar-refractivity contribution in [2.24, 2.45) is 5.73 Å². The van der Waals surface area contributed by atoms with Crippen LogP contribution in [0.4, 0.5) is 0 Å². The molecule has 0 aromatic carbocycles. The molecular formula is C15H27N3. The Balaban J connectivity index is 2.25. The van der Waals surface area contributed by atoms with Gasteiger partial charge >= 0.3 is 0 Å². The van der Waals surface area contributed by atoms with Crippen molar-refractivity contribution in [2.75, 3.05) is 0 Å². The standard InChI is InChI=1S/C15H27N3/c1-10(2)14-9-18(11(3)4)17-15(14)12-5-7-13(16)8-6-12/h9-13H,5-8,16H2,1-4H3. The summed E-state index contributed by atoms with van der Waals surface area (Å²) in [7, 11) is 0. The molecule has 1 saturated carbocycles. The summed E-state index contributed by atoms with van der Waals surface area (Å²) in [5.74, 6) is 1.19. The van der Waals surface area contributed by atoms with Crippen molar-refractivity contribution in [3.8, 4) is 0 Å². The van der Waals surface area contributed by atoms with Crippen LogP contribution < -0.4 is 5.73 Å². The fraction of sp³-hybridized carbons (Fsp3) is 0.800. The highest BCUT2D eigenvalue weighted by atomic mass is 15.3. The first-order valence-electron chi connectivity index (χ1n) is 7.33. The van der Waals surface area contributed by atoms with Gasteiger partial charge in [-0.25, -0.2) is 0 Å². The molecule has 0 amide bonds. The Labute approximate surface area is 111 Å². The third kappa shape index (κ3) is 2.77. The van der Waals surface area contributed by atoms with Crippen LogP contribution in [-0.4, -0.2) is 15.8 Å². The molecule has 1 heterocycles. The van der Waals surface area contributed by atoms with Crippen molar-refractivity contribution in [1.82, 2.24) is 9.78 Å². The smallest absolute Gasteiger partial charge is 0.0690 e. The summed E-state index contributed by atoms with van der Waals surface area (Å²) in [5, 5.41) is 4.86. The fourth-order valence-corrected chi connectivity index (χ4v) is 2.84. The van der Waals surface area contributed by atoms with Gasteiger partial charge in [-0.05, 0) is 51.0 Å². The van der Waals surface area contributed by atoms with Crippen LogP contribution in [0.25, 0.3) is 0 Å². The van der Waals surface area contributed by atoms with Gasteiger partial charge in [0.05, 0.1) is 5.69 Å².